The first kappa shape index (κ1) is 15.1. The van der Waals surface area contributed by atoms with Gasteiger partial charge in [-0.3, -0.25) is 4.90 Å². The predicted octanol–water partition coefficient (Wildman–Crippen LogP) is 0.736. The molecule has 1 aliphatic heterocycles. The Morgan fingerprint density at radius 2 is 2.15 bits per heavy atom. The first-order chi connectivity index (χ1) is 9.60. The standard InChI is InChI=1S/C15H25N3O2/c1-17-6-7-18(2)13(11-17)10-16-9-12-8-14(20-3)4-5-15(12)19/h4-5,8,13,16,19H,6-7,9-11H2,1-3H3. The molecule has 0 amide bonds. The highest BCUT2D eigenvalue weighted by Gasteiger charge is 2.21. The van der Waals surface area contributed by atoms with Crippen molar-refractivity contribution in [2.24, 2.45) is 0 Å². The lowest BCUT2D eigenvalue weighted by Crippen LogP contribution is -2.53. The van der Waals surface area contributed by atoms with Gasteiger partial charge in [-0.05, 0) is 32.3 Å². The summed E-state index contributed by atoms with van der Waals surface area (Å²) in [4.78, 5) is 4.74. The molecule has 1 heterocycles. The third kappa shape index (κ3) is 3.85. The second-order valence-corrected chi connectivity index (χ2v) is 5.52. The molecular formula is C15H25N3O2. The van der Waals surface area contributed by atoms with E-state index in [0.29, 0.717) is 18.3 Å². The number of phenols is 1. The van der Waals surface area contributed by atoms with Gasteiger partial charge in [0.05, 0.1) is 7.11 Å². The number of benzene rings is 1. The van der Waals surface area contributed by atoms with E-state index < -0.39 is 0 Å². The number of nitrogens with one attached hydrogen (secondary N) is 1. The van der Waals surface area contributed by atoms with Gasteiger partial charge in [0.2, 0.25) is 0 Å². The zero-order chi connectivity index (χ0) is 14.5. The molecule has 1 atom stereocenters. The van der Waals surface area contributed by atoms with E-state index >= 15 is 0 Å². The molecule has 112 valence electrons. The Morgan fingerprint density at radius 1 is 1.35 bits per heavy atom. The number of hydrogen-bond acceptors (Lipinski definition) is 5. The largest absolute Gasteiger partial charge is 0.508 e. The van der Waals surface area contributed by atoms with E-state index in [-0.39, 0.29) is 0 Å². The summed E-state index contributed by atoms with van der Waals surface area (Å²) >= 11 is 0. The van der Waals surface area contributed by atoms with Crippen molar-refractivity contribution in [3.63, 3.8) is 0 Å². The zero-order valence-corrected chi connectivity index (χ0v) is 12.6. The van der Waals surface area contributed by atoms with Crippen LogP contribution in [0.15, 0.2) is 18.2 Å². The molecular weight excluding hydrogens is 254 g/mol. The minimum absolute atomic E-state index is 0.312. The van der Waals surface area contributed by atoms with Crippen LogP contribution >= 0.6 is 0 Å². The van der Waals surface area contributed by atoms with Gasteiger partial charge in [0, 0.05) is 44.3 Å². The Hall–Kier alpha value is -1.30. The first-order valence-electron chi connectivity index (χ1n) is 7.05. The smallest absolute Gasteiger partial charge is 0.120 e. The fraction of sp³-hybridized carbons (Fsp3) is 0.600. The number of ether oxygens (including phenoxy) is 1. The summed E-state index contributed by atoms with van der Waals surface area (Å²) < 4.78 is 5.18. The Morgan fingerprint density at radius 3 is 2.90 bits per heavy atom. The number of nitrogens with zero attached hydrogens (tertiary/aromatic N) is 2. The highest BCUT2D eigenvalue weighted by molar-refractivity contribution is 5.39. The normalized spacial score (nSPS) is 21.1. The molecule has 1 aromatic rings. The van der Waals surface area contributed by atoms with Gasteiger partial charge in [-0.25, -0.2) is 0 Å². The van der Waals surface area contributed by atoms with Gasteiger partial charge >= 0.3 is 0 Å². The molecule has 1 unspecified atom stereocenters. The molecule has 5 nitrogen and oxygen atoms in total. The van der Waals surface area contributed by atoms with E-state index in [2.05, 4.69) is 29.2 Å². The SMILES string of the molecule is COc1ccc(O)c(CNCC2CN(C)CCN2C)c1. The molecule has 1 aromatic carbocycles. The van der Waals surface area contributed by atoms with Crippen LogP contribution in [0.3, 0.4) is 0 Å². The quantitative estimate of drug-likeness (QED) is 0.832. The van der Waals surface area contributed by atoms with Crippen molar-refractivity contribution < 1.29 is 9.84 Å². The number of rotatable bonds is 5. The third-order valence-electron chi connectivity index (χ3n) is 3.96. The summed E-state index contributed by atoms with van der Waals surface area (Å²) in [5, 5.41) is 13.3. The lowest BCUT2D eigenvalue weighted by molar-refractivity contribution is 0.113. The van der Waals surface area contributed by atoms with E-state index in [1.807, 2.05) is 6.07 Å². The number of hydrogen-bond donors (Lipinski definition) is 2. The lowest BCUT2D eigenvalue weighted by Gasteiger charge is -2.37. The van der Waals surface area contributed by atoms with Crippen LogP contribution in [-0.2, 0) is 6.54 Å². The van der Waals surface area contributed by atoms with E-state index in [1.54, 1.807) is 19.2 Å². The van der Waals surface area contributed by atoms with Crippen molar-refractivity contribution in [1.29, 1.82) is 0 Å². The van der Waals surface area contributed by atoms with Crippen LogP contribution in [0.1, 0.15) is 5.56 Å². The van der Waals surface area contributed by atoms with Gasteiger partial charge in [-0.2, -0.15) is 0 Å². The Labute approximate surface area is 121 Å². The van der Waals surface area contributed by atoms with Crippen molar-refractivity contribution in [1.82, 2.24) is 15.1 Å². The summed E-state index contributed by atoms with van der Waals surface area (Å²) in [7, 11) is 5.96. The lowest BCUT2D eigenvalue weighted by atomic mass is 10.1. The van der Waals surface area contributed by atoms with Gasteiger partial charge in [0.15, 0.2) is 0 Å². The molecule has 0 aromatic heterocycles. The molecule has 5 heteroatoms. The van der Waals surface area contributed by atoms with E-state index in [1.165, 1.54) is 0 Å². The van der Waals surface area contributed by atoms with Gasteiger partial charge in [-0.15, -0.1) is 0 Å². The second kappa shape index (κ2) is 6.92. The van der Waals surface area contributed by atoms with Crippen molar-refractivity contribution in [2.75, 3.05) is 47.4 Å². The molecule has 2 rings (SSSR count). The molecule has 20 heavy (non-hydrogen) atoms. The maximum absolute atomic E-state index is 9.85. The molecule has 0 saturated carbocycles. The molecule has 0 radical (unpaired) electrons. The number of aromatic hydroxyl groups is 1. The molecule has 0 spiro atoms. The van der Waals surface area contributed by atoms with Crippen molar-refractivity contribution in [3.8, 4) is 11.5 Å². The highest BCUT2D eigenvalue weighted by atomic mass is 16.5. The number of piperazine rings is 1. The van der Waals surface area contributed by atoms with E-state index in [0.717, 1.165) is 37.5 Å². The number of likely N-dealkylation sites (N-methyl/N-ethyl adjacent to an activating group) is 2. The van der Waals surface area contributed by atoms with Crippen LogP contribution in [0.5, 0.6) is 11.5 Å². The number of methoxy groups -OCH3 is 1. The molecule has 0 aliphatic carbocycles. The van der Waals surface area contributed by atoms with Gasteiger partial charge in [0.1, 0.15) is 11.5 Å². The van der Waals surface area contributed by atoms with Gasteiger partial charge in [0.25, 0.3) is 0 Å². The average molecular weight is 279 g/mol. The number of phenolic OH excluding ortho intramolecular Hbond substituents is 1. The van der Waals surface area contributed by atoms with E-state index in [9.17, 15) is 5.11 Å². The Kier molecular flexibility index (Phi) is 5.23. The third-order valence-corrected chi connectivity index (χ3v) is 3.96. The maximum Gasteiger partial charge on any atom is 0.120 e. The van der Waals surface area contributed by atoms with Crippen LogP contribution in [0.4, 0.5) is 0 Å². The van der Waals surface area contributed by atoms with E-state index in [4.69, 9.17) is 4.74 Å². The van der Waals surface area contributed by atoms with Crippen LogP contribution in [-0.4, -0.2) is 68.3 Å². The molecule has 2 N–H and O–H groups in total. The predicted molar refractivity (Wildman–Crippen MR) is 80.3 cm³/mol. The summed E-state index contributed by atoms with van der Waals surface area (Å²) in [6.07, 6.45) is 0. The van der Waals surface area contributed by atoms with Crippen LogP contribution in [0, 0.1) is 0 Å². The second-order valence-electron chi connectivity index (χ2n) is 5.52. The molecule has 1 saturated heterocycles. The topological polar surface area (TPSA) is 48.0 Å². The van der Waals surface area contributed by atoms with Gasteiger partial charge in [-0.1, -0.05) is 0 Å². The Bertz CT molecular complexity index is 439. The molecule has 1 aliphatic rings. The fourth-order valence-electron chi connectivity index (χ4n) is 2.53. The van der Waals surface area contributed by atoms with Crippen molar-refractivity contribution in [2.45, 2.75) is 12.6 Å². The molecule has 0 bridgehead atoms. The van der Waals surface area contributed by atoms with Crippen LogP contribution in [0.25, 0.3) is 0 Å². The van der Waals surface area contributed by atoms with Crippen LogP contribution < -0.4 is 10.1 Å². The monoisotopic (exact) mass is 279 g/mol. The summed E-state index contributed by atoms with van der Waals surface area (Å²) in [6, 6.07) is 5.83. The van der Waals surface area contributed by atoms with Crippen molar-refractivity contribution >= 4 is 0 Å². The first-order valence-corrected chi connectivity index (χ1v) is 7.05. The maximum atomic E-state index is 9.85. The minimum atomic E-state index is 0.312. The van der Waals surface area contributed by atoms with Crippen LogP contribution in [0.2, 0.25) is 0 Å². The zero-order valence-electron chi connectivity index (χ0n) is 12.6. The van der Waals surface area contributed by atoms with Gasteiger partial charge < -0.3 is 20.1 Å². The summed E-state index contributed by atoms with van der Waals surface area (Å²) in [6.45, 7) is 4.87. The fourth-order valence-corrected chi connectivity index (χ4v) is 2.53. The summed E-state index contributed by atoms with van der Waals surface area (Å²) in [5.41, 5.74) is 0.871. The van der Waals surface area contributed by atoms with Crippen molar-refractivity contribution in [3.05, 3.63) is 23.8 Å². The minimum Gasteiger partial charge on any atom is -0.508 e. The summed E-state index contributed by atoms with van der Waals surface area (Å²) in [5.74, 6) is 1.08. The molecule has 1 fully saturated rings. The Balaban J connectivity index is 1.86. The average Bonchev–Trinajstić information content (AvgIpc) is 2.44. The highest BCUT2D eigenvalue weighted by Crippen LogP contribution is 2.22.